The van der Waals surface area contributed by atoms with E-state index in [4.69, 9.17) is 28.9 Å². The SMILES string of the molecule is NC1CCCN(C(=O)CSCc2ccc(Cl)cc2Cl)C1. The highest BCUT2D eigenvalue weighted by Gasteiger charge is 2.20. The van der Waals surface area contributed by atoms with Crippen molar-refractivity contribution in [3.8, 4) is 0 Å². The van der Waals surface area contributed by atoms with E-state index in [1.807, 2.05) is 17.0 Å². The van der Waals surface area contributed by atoms with Crippen molar-refractivity contribution >= 4 is 40.9 Å². The van der Waals surface area contributed by atoms with Gasteiger partial charge in [-0.15, -0.1) is 11.8 Å². The molecular formula is C14H18Cl2N2OS. The van der Waals surface area contributed by atoms with Gasteiger partial charge in [-0.1, -0.05) is 29.3 Å². The Morgan fingerprint density at radius 1 is 1.45 bits per heavy atom. The molecule has 1 fully saturated rings. The number of carbonyl (C=O) groups excluding carboxylic acids is 1. The maximum atomic E-state index is 12.1. The molecule has 0 spiro atoms. The van der Waals surface area contributed by atoms with Gasteiger partial charge in [0.1, 0.15) is 0 Å². The maximum absolute atomic E-state index is 12.1. The molecule has 0 aromatic heterocycles. The molecule has 0 aliphatic carbocycles. The van der Waals surface area contributed by atoms with E-state index in [1.165, 1.54) is 0 Å². The first-order chi connectivity index (χ1) is 9.56. The minimum atomic E-state index is 0.128. The molecule has 1 aromatic rings. The van der Waals surface area contributed by atoms with Crippen molar-refractivity contribution in [2.75, 3.05) is 18.8 Å². The van der Waals surface area contributed by atoms with Crippen LogP contribution in [0, 0.1) is 0 Å². The molecule has 20 heavy (non-hydrogen) atoms. The Hall–Kier alpha value is -0.420. The molecule has 3 nitrogen and oxygen atoms in total. The van der Waals surface area contributed by atoms with E-state index in [1.54, 1.807) is 17.8 Å². The zero-order valence-electron chi connectivity index (χ0n) is 11.1. The Balaban J connectivity index is 1.79. The average molecular weight is 333 g/mol. The van der Waals surface area contributed by atoms with Crippen LogP contribution in [0.4, 0.5) is 0 Å². The maximum Gasteiger partial charge on any atom is 0.232 e. The van der Waals surface area contributed by atoms with Crippen LogP contribution in [0.15, 0.2) is 18.2 Å². The molecule has 110 valence electrons. The van der Waals surface area contributed by atoms with E-state index < -0.39 is 0 Å². The lowest BCUT2D eigenvalue weighted by molar-refractivity contribution is -0.129. The topological polar surface area (TPSA) is 46.3 Å². The van der Waals surface area contributed by atoms with Gasteiger partial charge in [0.15, 0.2) is 0 Å². The number of nitrogens with zero attached hydrogens (tertiary/aromatic N) is 1. The summed E-state index contributed by atoms with van der Waals surface area (Å²) in [6.45, 7) is 1.51. The van der Waals surface area contributed by atoms with Crippen LogP contribution in [0.25, 0.3) is 0 Å². The predicted octanol–water partition coefficient (Wildman–Crippen LogP) is 3.18. The Bertz CT molecular complexity index is 484. The number of piperidine rings is 1. The zero-order valence-corrected chi connectivity index (χ0v) is 13.5. The first-order valence-electron chi connectivity index (χ1n) is 6.61. The molecule has 2 N–H and O–H groups in total. The molecule has 1 aromatic carbocycles. The molecule has 1 aliphatic heterocycles. The fourth-order valence-electron chi connectivity index (χ4n) is 2.21. The van der Waals surface area contributed by atoms with Crippen LogP contribution in [0.3, 0.4) is 0 Å². The number of nitrogens with two attached hydrogens (primary N) is 1. The molecule has 0 bridgehead atoms. The molecule has 1 amide bonds. The van der Waals surface area contributed by atoms with Gasteiger partial charge in [-0.05, 0) is 30.5 Å². The molecule has 0 radical (unpaired) electrons. The molecule has 0 saturated carbocycles. The summed E-state index contributed by atoms with van der Waals surface area (Å²) in [5.74, 6) is 1.34. The van der Waals surface area contributed by atoms with Gasteiger partial charge in [0, 0.05) is 34.9 Å². The summed E-state index contributed by atoms with van der Waals surface area (Å²) in [5.41, 5.74) is 6.89. The van der Waals surface area contributed by atoms with Crippen LogP contribution in [0.5, 0.6) is 0 Å². The number of amides is 1. The van der Waals surface area contributed by atoms with Gasteiger partial charge in [-0.3, -0.25) is 4.79 Å². The van der Waals surface area contributed by atoms with E-state index >= 15 is 0 Å². The fourth-order valence-corrected chi connectivity index (χ4v) is 3.70. The first-order valence-corrected chi connectivity index (χ1v) is 8.52. The summed E-state index contributed by atoms with van der Waals surface area (Å²) in [5, 5.41) is 1.28. The van der Waals surface area contributed by atoms with Crippen molar-refractivity contribution in [2.45, 2.75) is 24.6 Å². The highest BCUT2D eigenvalue weighted by molar-refractivity contribution is 7.99. The number of thioether (sulfide) groups is 1. The number of hydrogen-bond donors (Lipinski definition) is 1. The fraction of sp³-hybridized carbons (Fsp3) is 0.500. The lowest BCUT2D eigenvalue weighted by Gasteiger charge is -2.30. The van der Waals surface area contributed by atoms with E-state index in [2.05, 4.69) is 0 Å². The van der Waals surface area contributed by atoms with E-state index in [0.29, 0.717) is 28.1 Å². The van der Waals surface area contributed by atoms with Crippen molar-refractivity contribution in [1.82, 2.24) is 4.90 Å². The highest BCUT2D eigenvalue weighted by atomic mass is 35.5. The number of rotatable bonds is 4. The van der Waals surface area contributed by atoms with Crippen molar-refractivity contribution in [3.05, 3.63) is 33.8 Å². The third-order valence-corrected chi connectivity index (χ3v) is 4.86. The second-order valence-electron chi connectivity index (χ2n) is 4.97. The Labute approximate surface area is 133 Å². The lowest BCUT2D eigenvalue weighted by Crippen LogP contribution is -2.46. The Morgan fingerprint density at radius 3 is 2.95 bits per heavy atom. The first kappa shape index (κ1) is 16.0. The van der Waals surface area contributed by atoms with Gasteiger partial charge < -0.3 is 10.6 Å². The summed E-state index contributed by atoms with van der Waals surface area (Å²) < 4.78 is 0. The van der Waals surface area contributed by atoms with Crippen LogP contribution >= 0.6 is 35.0 Å². The van der Waals surface area contributed by atoms with Crippen LogP contribution in [0.2, 0.25) is 10.0 Å². The quantitative estimate of drug-likeness (QED) is 0.921. The summed E-state index contributed by atoms with van der Waals surface area (Å²) in [7, 11) is 0. The molecule has 2 rings (SSSR count). The standard InChI is InChI=1S/C14H18Cl2N2OS/c15-11-4-3-10(13(16)6-11)8-20-9-14(19)18-5-1-2-12(17)7-18/h3-4,6,12H,1-2,5,7-9,17H2. The molecule has 6 heteroatoms. The number of benzene rings is 1. The number of carbonyl (C=O) groups is 1. The smallest absolute Gasteiger partial charge is 0.232 e. The van der Waals surface area contributed by atoms with E-state index in [-0.39, 0.29) is 11.9 Å². The molecule has 1 atom stereocenters. The summed E-state index contributed by atoms with van der Waals surface area (Å²) in [6, 6.07) is 5.57. The second kappa shape index (κ2) is 7.55. The van der Waals surface area contributed by atoms with Crippen molar-refractivity contribution in [1.29, 1.82) is 0 Å². The Kier molecular flexibility index (Phi) is 6.02. The van der Waals surface area contributed by atoms with Gasteiger partial charge in [0.2, 0.25) is 5.91 Å². The molecule has 1 unspecified atom stereocenters. The molecule has 1 heterocycles. The predicted molar refractivity (Wildman–Crippen MR) is 86.4 cm³/mol. The largest absolute Gasteiger partial charge is 0.340 e. The minimum absolute atomic E-state index is 0.128. The van der Waals surface area contributed by atoms with Gasteiger partial charge in [0.25, 0.3) is 0 Å². The van der Waals surface area contributed by atoms with E-state index in [9.17, 15) is 4.79 Å². The van der Waals surface area contributed by atoms with Gasteiger partial charge >= 0.3 is 0 Å². The van der Waals surface area contributed by atoms with Crippen LogP contribution < -0.4 is 5.73 Å². The van der Waals surface area contributed by atoms with Crippen molar-refractivity contribution in [3.63, 3.8) is 0 Å². The molecule has 1 aliphatic rings. The summed E-state index contributed by atoms with van der Waals surface area (Å²) >= 11 is 13.5. The van der Waals surface area contributed by atoms with Crippen molar-refractivity contribution in [2.24, 2.45) is 5.73 Å². The number of halogens is 2. The average Bonchev–Trinajstić information content (AvgIpc) is 2.41. The van der Waals surface area contributed by atoms with Gasteiger partial charge in [-0.2, -0.15) is 0 Å². The molecule has 1 saturated heterocycles. The minimum Gasteiger partial charge on any atom is -0.340 e. The van der Waals surface area contributed by atoms with Gasteiger partial charge in [0.05, 0.1) is 5.75 Å². The summed E-state index contributed by atoms with van der Waals surface area (Å²) in [6.07, 6.45) is 2.01. The summed E-state index contributed by atoms with van der Waals surface area (Å²) in [4.78, 5) is 13.9. The monoisotopic (exact) mass is 332 g/mol. The Morgan fingerprint density at radius 2 is 2.25 bits per heavy atom. The number of hydrogen-bond acceptors (Lipinski definition) is 3. The second-order valence-corrected chi connectivity index (χ2v) is 6.80. The highest BCUT2D eigenvalue weighted by Crippen LogP contribution is 2.25. The van der Waals surface area contributed by atoms with Crippen molar-refractivity contribution < 1.29 is 4.79 Å². The third-order valence-electron chi connectivity index (χ3n) is 3.31. The van der Waals surface area contributed by atoms with Crippen LogP contribution in [0.1, 0.15) is 18.4 Å². The number of likely N-dealkylation sites (tertiary alicyclic amines) is 1. The van der Waals surface area contributed by atoms with Gasteiger partial charge in [-0.25, -0.2) is 0 Å². The van der Waals surface area contributed by atoms with E-state index in [0.717, 1.165) is 24.9 Å². The third kappa shape index (κ3) is 4.55. The lowest BCUT2D eigenvalue weighted by atomic mass is 10.1. The normalized spacial score (nSPS) is 19.1. The zero-order chi connectivity index (χ0) is 14.5. The molecular weight excluding hydrogens is 315 g/mol. The van der Waals surface area contributed by atoms with Crippen LogP contribution in [-0.2, 0) is 10.5 Å². The van der Waals surface area contributed by atoms with Crippen LogP contribution in [-0.4, -0.2) is 35.7 Å².